The van der Waals surface area contributed by atoms with Crippen molar-refractivity contribution in [1.29, 1.82) is 0 Å². The van der Waals surface area contributed by atoms with Gasteiger partial charge in [-0.25, -0.2) is 9.46 Å². The van der Waals surface area contributed by atoms with Crippen LogP contribution in [0, 0.1) is 0 Å². The Hall–Kier alpha value is -5.29. The third-order valence-corrected chi connectivity index (χ3v) is 13.1. The van der Waals surface area contributed by atoms with E-state index in [2.05, 4.69) is 67.3 Å². The standard InChI is InChI=1S/C50H60N3O8P/c1-35(2)53(36(3)4)62(58-7)61-42(32-52-48(54)22-15-31-51-49(55)59-34-47-45-20-13-11-18-43(45)44-19-12-14-21-46(44)47)33-60-50(37-16-9-8-10-17-37,38-23-27-40(56-5)28-24-38)39-25-29-41(57-6)30-26-39/h8-14,16-21,23-30,35-36,42,47H,15,22,31-34H2,1-7H3,(H,51,55)(H,52,54). The van der Waals surface area contributed by atoms with Crippen LogP contribution in [0.4, 0.5) is 4.79 Å². The summed E-state index contributed by atoms with van der Waals surface area (Å²) in [6, 6.07) is 42.5. The van der Waals surface area contributed by atoms with Crippen LogP contribution in [0.1, 0.15) is 74.3 Å². The van der Waals surface area contributed by atoms with Crippen LogP contribution >= 0.6 is 8.53 Å². The highest BCUT2D eigenvalue weighted by atomic mass is 31.2. The number of amides is 2. The summed E-state index contributed by atoms with van der Waals surface area (Å²) in [5.74, 6) is 1.22. The van der Waals surface area contributed by atoms with E-state index in [1.54, 1.807) is 21.3 Å². The normalized spacial score (nSPS) is 13.4. The summed E-state index contributed by atoms with van der Waals surface area (Å²) in [4.78, 5) is 26.2. The van der Waals surface area contributed by atoms with E-state index in [-0.39, 0.29) is 56.6 Å². The Morgan fingerprint density at radius 2 is 1.19 bits per heavy atom. The quantitative estimate of drug-likeness (QED) is 0.0399. The van der Waals surface area contributed by atoms with Crippen molar-refractivity contribution >= 4 is 20.5 Å². The average Bonchev–Trinajstić information content (AvgIpc) is 3.62. The molecule has 0 saturated carbocycles. The number of alkyl carbamates (subject to hydrolysis) is 1. The van der Waals surface area contributed by atoms with Crippen molar-refractivity contribution < 1.29 is 37.6 Å². The number of carbonyl (C=O) groups excluding carboxylic acids is 2. The van der Waals surface area contributed by atoms with Gasteiger partial charge in [0.25, 0.3) is 8.53 Å². The summed E-state index contributed by atoms with van der Waals surface area (Å²) in [5, 5.41) is 5.90. The molecule has 0 fully saturated rings. The maximum atomic E-state index is 13.4. The number of ether oxygens (including phenoxy) is 4. The molecule has 1 aliphatic carbocycles. The maximum absolute atomic E-state index is 13.4. The molecule has 2 N–H and O–H groups in total. The molecular weight excluding hydrogens is 802 g/mol. The van der Waals surface area contributed by atoms with Crippen molar-refractivity contribution in [3.63, 3.8) is 0 Å². The SMILES string of the molecule is COc1ccc(C(OCC(CNC(=O)CCCNC(=O)OCC2c3ccccc3-c3ccccc32)OP(OC)N(C(C)C)C(C)C)(c2ccccc2)c2ccc(OC)cc2)cc1. The zero-order valence-electron chi connectivity index (χ0n) is 36.8. The van der Waals surface area contributed by atoms with Gasteiger partial charge in [-0.15, -0.1) is 0 Å². The summed E-state index contributed by atoms with van der Waals surface area (Å²) < 4.78 is 39.0. The number of benzene rings is 5. The first kappa shape index (κ1) is 46.2. The molecular formula is C50H60N3O8P. The van der Waals surface area contributed by atoms with E-state index in [0.717, 1.165) is 39.3 Å². The molecule has 328 valence electrons. The molecule has 6 rings (SSSR count). The average molecular weight is 862 g/mol. The molecule has 0 spiro atoms. The monoisotopic (exact) mass is 861 g/mol. The first-order valence-corrected chi connectivity index (χ1v) is 22.4. The molecule has 5 aromatic rings. The number of fused-ring (bicyclic) bond motifs is 3. The fourth-order valence-corrected chi connectivity index (χ4v) is 9.64. The fourth-order valence-electron chi connectivity index (χ4n) is 8.12. The Bertz CT molecular complexity index is 2080. The van der Waals surface area contributed by atoms with Gasteiger partial charge < -0.3 is 38.6 Å². The van der Waals surface area contributed by atoms with Gasteiger partial charge in [0.1, 0.15) is 29.8 Å². The van der Waals surface area contributed by atoms with Crippen LogP contribution in [0.2, 0.25) is 0 Å². The molecule has 11 nitrogen and oxygen atoms in total. The van der Waals surface area contributed by atoms with Gasteiger partial charge >= 0.3 is 6.09 Å². The molecule has 0 aliphatic heterocycles. The molecule has 62 heavy (non-hydrogen) atoms. The van der Waals surface area contributed by atoms with Gasteiger partial charge in [0.15, 0.2) is 0 Å². The lowest BCUT2D eigenvalue weighted by Gasteiger charge is -2.39. The Labute approximate surface area is 368 Å². The highest BCUT2D eigenvalue weighted by molar-refractivity contribution is 7.44. The minimum Gasteiger partial charge on any atom is -0.497 e. The molecule has 1 aliphatic rings. The van der Waals surface area contributed by atoms with Crippen LogP contribution in [0.3, 0.4) is 0 Å². The van der Waals surface area contributed by atoms with E-state index in [1.165, 1.54) is 11.1 Å². The second-order valence-corrected chi connectivity index (χ2v) is 17.2. The number of hydrogen-bond acceptors (Lipinski definition) is 9. The highest BCUT2D eigenvalue weighted by Crippen LogP contribution is 2.48. The van der Waals surface area contributed by atoms with Gasteiger partial charge in [0, 0.05) is 44.6 Å². The molecule has 0 aromatic heterocycles. The Kier molecular flexibility index (Phi) is 16.5. The number of nitrogens with zero attached hydrogens (tertiary/aromatic N) is 1. The molecule has 2 atom stereocenters. The summed E-state index contributed by atoms with van der Waals surface area (Å²) in [5.41, 5.74) is 6.20. The van der Waals surface area contributed by atoms with E-state index in [9.17, 15) is 9.59 Å². The zero-order chi connectivity index (χ0) is 44.1. The van der Waals surface area contributed by atoms with Crippen molar-refractivity contribution in [3.05, 3.63) is 155 Å². The van der Waals surface area contributed by atoms with E-state index >= 15 is 0 Å². The van der Waals surface area contributed by atoms with Gasteiger partial charge in [-0.3, -0.25) is 4.79 Å². The van der Waals surface area contributed by atoms with Crippen LogP contribution in [-0.4, -0.2) is 82.5 Å². The minimum absolute atomic E-state index is 0.0318. The molecule has 0 bridgehead atoms. The first-order valence-electron chi connectivity index (χ1n) is 21.2. The van der Waals surface area contributed by atoms with E-state index < -0.39 is 26.3 Å². The predicted octanol–water partition coefficient (Wildman–Crippen LogP) is 9.82. The smallest absolute Gasteiger partial charge is 0.407 e. The lowest BCUT2D eigenvalue weighted by molar-refractivity contribution is -0.122. The molecule has 2 amide bonds. The third kappa shape index (κ3) is 11.0. The van der Waals surface area contributed by atoms with Crippen LogP contribution in [0.25, 0.3) is 11.1 Å². The third-order valence-electron chi connectivity index (χ3n) is 11.0. The van der Waals surface area contributed by atoms with Crippen molar-refractivity contribution in [2.24, 2.45) is 0 Å². The van der Waals surface area contributed by atoms with E-state index in [1.807, 2.05) is 103 Å². The Balaban J connectivity index is 1.14. The highest BCUT2D eigenvalue weighted by Gasteiger charge is 2.40. The van der Waals surface area contributed by atoms with Crippen LogP contribution in [0.15, 0.2) is 127 Å². The summed E-state index contributed by atoms with van der Waals surface area (Å²) in [6.45, 7) is 9.17. The molecule has 5 aromatic carbocycles. The van der Waals surface area contributed by atoms with Crippen LogP contribution in [-0.2, 0) is 28.9 Å². The van der Waals surface area contributed by atoms with Gasteiger partial charge in [0.05, 0.1) is 20.8 Å². The topological polar surface area (TPSA) is 117 Å². The van der Waals surface area contributed by atoms with Gasteiger partial charge in [0.2, 0.25) is 5.91 Å². The largest absolute Gasteiger partial charge is 0.497 e. The summed E-state index contributed by atoms with van der Waals surface area (Å²) >= 11 is 0. The van der Waals surface area contributed by atoms with Crippen molar-refractivity contribution in [2.45, 2.75) is 70.2 Å². The lowest BCUT2D eigenvalue weighted by atomic mass is 9.80. The van der Waals surface area contributed by atoms with Crippen molar-refractivity contribution in [2.75, 3.05) is 47.6 Å². The molecule has 0 heterocycles. The number of rotatable bonds is 22. The van der Waals surface area contributed by atoms with E-state index in [0.29, 0.717) is 6.42 Å². The molecule has 0 radical (unpaired) electrons. The second-order valence-electron chi connectivity index (χ2n) is 15.7. The Morgan fingerprint density at radius 1 is 0.677 bits per heavy atom. The van der Waals surface area contributed by atoms with Gasteiger partial charge in [-0.1, -0.05) is 103 Å². The van der Waals surface area contributed by atoms with Crippen LogP contribution < -0.4 is 20.1 Å². The fraction of sp³-hybridized carbons (Fsp3) is 0.360. The summed E-state index contributed by atoms with van der Waals surface area (Å²) in [7, 11) is 3.38. The maximum Gasteiger partial charge on any atom is 0.407 e. The number of nitrogens with one attached hydrogen (secondary N) is 2. The molecule has 2 unspecified atom stereocenters. The van der Waals surface area contributed by atoms with Gasteiger partial charge in [-0.05, 0) is 97.3 Å². The zero-order valence-corrected chi connectivity index (χ0v) is 37.7. The molecule has 0 saturated heterocycles. The number of hydrogen-bond donors (Lipinski definition) is 2. The van der Waals surface area contributed by atoms with E-state index in [4.69, 9.17) is 28.0 Å². The number of carbonyl (C=O) groups is 2. The van der Waals surface area contributed by atoms with Crippen molar-refractivity contribution in [3.8, 4) is 22.6 Å². The first-order chi connectivity index (χ1) is 30.1. The number of methoxy groups -OCH3 is 2. The molecule has 12 heteroatoms. The predicted molar refractivity (Wildman–Crippen MR) is 244 cm³/mol. The second kappa shape index (κ2) is 22.2. The lowest BCUT2D eigenvalue weighted by Crippen LogP contribution is -2.42. The minimum atomic E-state index is -1.54. The Morgan fingerprint density at radius 3 is 1.71 bits per heavy atom. The van der Waals surface area contributed by atoms with Gasteiger partial charge in [-0.2, -0.15) is 0 Å². The van der Waals surface area contributed by atoms with Crippen LogP contribution in [0.5, 0.6) is 11.5 Å². The summed E-state index contributed by atoms with van der Waals surface area (Å²) in [6.07, 6.45) is -0.528. The van der Waals surface area contributed by atoms with Crippen molar-refractivity contribution in [1.82, 2.24) is 15.3 Å².